The lowest BCUT2D eigenvalue weighted by molar-refractivity contribution is 0.0786. The van der Waals surface area contributed by atoms with Crippen molar-refractivity contribution in [3.8, 4) is 11.3 Å². The van der Waals surface area contributed by atoms with E-state index in [0.717, 1.165) is 34.6 Å². The van der Waals surface area contributed by atoms with Crippen molar-refractivity contribution in [2.75, 3.05) is 11.9 Å². The van der Waals surface area contributed by atoms with E-state index >= 15 is 0 Å². The van der Waals surface area contributed by atoms with Gasteiger partial charge in [-0.2, -0.15) is 9.47 Å². The molecule has 0 bridgehead atoms. The fourth-order valence-electron chi connectivity index (χ4n) is 2.95. The zero-order chi connectivity index (χ0) is 21.3. The quantitative estimate of drug-likeness (QED) is 0.337. The minimum atomic E-state index is -1.10. The van der Waals surface area contributed by atoms with Crippen molar-refractivity contribution in [3.05, 3.63) is 36.5 Å². The van der Waals surface area contributed by atoms with Crippen molar-refractivity contribution in [3.63, 3.8) is 0 Å². The molecule has 0 saturated carbocycles. The molecule has 11 heteroatoms. The van der Waals surface area contributed by atoms with Gasteiger partial charge < -0.3 is 10.1 Å². The summed E-state index contributed by atoms with van der Waals surface area (Å²) in [5.41, 5.74) is 3.85. The van der Waals surface area contributed by atoms with Gasteiger partial charge in [-0.3, -0.25) is 4.40 Å². The molecule has 0 aliphatic carbocycles. The van der Waals surface area contributed by atoms with Gasteiger partial charge in [-0.05, 0) is 30.6 Å². The Morgan fingerprint density at radius 2 is 2.07 bits per heavy atom. The van der Waals surface area contributed by atoms with Gasteiger partial charge in [-0.25, -0.2) is 14.6 Å². The molecule has 0 spiro atoms. The molecule has 8 nitrogen and oxygen atoms in total. The standard InChI is InChI=1S/C19H24BN7OSSi/c1-13-7-17(29-25-13)24-18-19-21-9-15(27(19)11-16(20)23-18)14-8-22-26(10-14)12-28-5-6-30(2,3)4/h7-11H,5-6,12H2,1-4H3,(H,23,24). The summed E-state index contributed by atoms with van der Waals surface area (Å²) in [6.45, 7) is 10.2. The zero-order valence-corrected chi connectivity index (χ0v) is 19.4. The summed E-state index contributed by atoms with van der Waals surface area (Å²) in [6.07, 6.45) is 7.32. The fraction of sp³-hybridized carbons (Fsp3) is 0.368. The first-order valence-electron chi connectivity index (χ1n) is 9.73. The highest BCUT2D eigenvalue weighted by Crippen LogP contribution is 2.26. The third-order valence-corrected chi connectivity index (χ3v) is 7.03. The van der Waals surface area contributed by atoms with Gasteiger partial charge in [0.1, 0.15) is 19.6 Å². The van der Waals surface area contributed by atoms with Crippen molar-refractivity contribution in [1.29, 1.82) is 0 Å². The summed E-state index contributed by atoms with van der Waals surface area (Å²) in [7, 11) is 4.97. The van der Waals surface area contributed by atoms with Gasteiger partial charge in [0, 0.05) is 38.2 Å². The summed E-state index contributed by atoms with van der Waals surface area (Å²) >= 11 is 1.37. The fourth-order valence-corrected chi connectivity index (χ4v) is 4.36. The Morgan fingerprint density at radius 1 is 1.23 bits per heavy atom. The number of ether oxygens (including phenoxy) is 1. The molecule has 30 heavy (non-hydrogen) atoms. The van der Waals surface area contributed by atoms with Crippen molar-refractivity contribution in [2.45, 2.75) is 39.3 Å². The highest BCUT2D eigenvalue weighted by Gasteiger charge is 2.15. The summed E-state index contributed by atoms with van der Waals surface area (Å²) in [5.74, 6) is 0.590. The monoisotopic (exact) mass is 437 g/mol. The van der Waals surface area contributed by atoms with Gasteiger partial charge in [0.25, 0.3) is 0 Å². The van der Waals surface area contributed by atoms with Crippen LogP contribution in [0.25, 0.3) is 16.9 Å². The highest BCUT2D eigenvalue weighted by molar-refractivity contribution is 7.10. The Balaban J connectivity index is 1.54. The van der Waals surface area contributed by atoms with Gasteiger partial charge >= 0.3 is 0 Å². The van der Waals surface area contributed by atoms with E-state index in [4.69, 9.17) is 12.6 Å². The van der Waals surface area contributed by atoms with Crippen LogP contribution in [0.5, 0.6) is 0 Å². The third-order valence-electron chi connectivity index (χ3n) is 4.53. The second-order valence-electron chi connectivity index (χ2n) is 8.43. The summed E-state index contributed by atoms with van der Waals surface area (Å²) in [6, 6.07) is 3.10. The van der Waals surface area contributed by atoms with Crippen LogP contribution in [0, 0.1) is 6.92 Å². The van der Waals surface area contributed by atoms with Crippen molar-refractivity contribution >= 4 is 49.5 Å². The van der Waals surface area contributed by atoms with E-state index in [2.05, 4.69) is 44.4 Å². The molecule has 154 valence electrons. The third kappa shape index (κ3) is 4.80. The van der Waals surface area contributed by atoms with Crippen LogP contribution in [0.15, 0.2) is 30.9 Å². The molecule has 0 fully saturated rings. The molecule has 4 rings (SSSR count). The van der Waals surface area contributed by atoms with E-state index in [1.54, 1.807) is 17.1 Å². The van der Waals surface area contributed by atoms with E-state index in [9.17, 15) is 0 Å². The molecule has 0 aromatic carbocycles. The maximum Gasteiger partial charge on any atom is 0.180 e. The van der Waals surface area contributed by atoms with E-state index in [1.807, 2.05) is 29.8 Å². The topological polar surface area (TPSA) is 82.2 Å². The van der Waals surface area contributed by atoms with Crippen molar-refractivity contribution in [2.24, 2.45) is 0 Å². The first-order chi connectivity index (χ1) is 14.3. The number of anilines is 2. The number of aryl methyl sites for hydroxylation is 1. The number of nitrogens with zero attached hydrogens (tertiary/aromatic N) is 6. The van der Waals surface area contributed by atoms with E-state index in [-0.39, 0.29) is 0 Å². The van der Waals surface area contributed by atoms with Crippen LogP contribution in [0.2, 0.25) is 25.7 Å². The van der Waals surface area contributed by atoms with Crippen LogP contribution in [-0.4, -0.2) is 51.0 Å². The molecule has 4 aromatic heterocycles. The van der Waals surface area contributed by atoms with Crippen LogP contribution in [0.1, 0.15) is 5.69 Å². The Kier molecular flexibility index (Phi) is 5.76. The Hall–Kier alpha value is -2.50. The van der Waals surface area contributed by atoms with Crippen LogP contribution in [0.4, 0.5) is 10.8 Å². The Bertz CT molecular complexity index is 1160. The maximum absolute atomic E-state index is 6.06. The molecule has 2 radical (unpaired) electrons. The molecule has 0 saturated heterocycles. The van der Waals surface area contributed by atoms with E-state index < -0.39 is 8.07 Å². The Morgan fingerprint density at radius 3 is 2.80 bits per heavy atom. The number of rotatable bonds is 8. The summed E-state index contributed by atoms with van der Waals surface area (Å²) < 4.78 is 13.8. The van der Waals surface area contributed by atoms with Gasteiger partial charge in [-0.1, -0.05) is 19.6 Å². The molecule has 1 N–H and O–H groups in total. The number of nitrogens with one attached hydrogen (secondary N) is 1. The van der Waals surface area contributed by atoms with Crippen molar-refractivity contribution in [1.82, 2.24) is 28.5 Å². The highest BCUT2D eigenvalue weighted by atomic mass is 32.1. The number of imidazole rings is 1. The lowest BCUT2D eigenvalue weighted by atomic mass is 10.1. The lowest BCUT2D eigenvalue weighted by Crippen LogP contribution is -2.22. The normalized spacial score (nSPS) is 12.0. The second kappa shape index (κ2) is 8.32. The van der Waals surface area contributed by atoms with Gasteiger partial charge in [0.05, 0.1) is 23.8 Å². The van der Waals surface area contributed by atoms with Crippen molar-refractivity contribution < 1.29 is 4.74 Å². The van der Waals surface area contributed by atoms with E-state index in [0.29, 0.717) is 23.8 Å². The first-order valence-corrected chi connectivity index (χ1v) is 14.2. The van der Waals surface area contributed by atoms with Crippen LogP contribution < -0.4 is 10.9 Å². The number of aromatic nitrogens is 6. The minimum absolute atomic E-state index is 0.396. The smallest absolute Gasteiger partial charge is 0.180 e. The Labute approximate surface area is 181 Å². The minimum Gasteiger partial charge on any atom is -0.360 e. The average Bonchev–Trinajstić information content (AvgIpc) is 3.37. The average molecular weight is 437 g/mol. The molecule has 0 atom stereocenters. The molecule has 0 amide bonds. The SMILES string of the molecule is [B]c1cn2c(-c3cnn(COCC[Si](C)(C)C)c3)cnc2c(Nc2cc(C)ns2)n1. The number of hydrogen-bond acceptors (Lipinski definition) is 7. The van der Waals surface area contributed by atoms with Crippen LogP contribution in [-0.2, 0) is 11.5 Å². The number of hydrogen-bond donors (Lipinski definition) is 1. The maximum atomic E-state index is 6.06. The van der Waals surface area contributed by atoms with E-state index in [1.165, 1.54) is 11.5 Å². The zero-order valence-electron chi connectivity index (χ0n) is 17.6. The van der Waals surface area contributed by atoms with Gasteiger partial charge in [-0.15, -0.1) is 0 Å². The number of fused-ring (bicyclic) bond motifs is 1. The molecule has 0 aliphatic heterocycles. The first kappa shape index (κ1) is 20.8. The van der Waals surface area contributed by atoms with Crippen LogP contribution >= 0.6 is 11.5 Å². The molecule has 0 unspecified atom stereocenters. The van der Waals surface area contributed by atoms with Gasteiger partial charge in [0.15, 0.2) is 11.5 Å². The predicted molar refractivity (Wildman–Crippen MR) is 124 cm³/mol. The summed E-state index contributed by atoms with van der Waals surface area (Å²) in [5, 5.41) is 8.58. The largest absolute Gasteiger partial charge is 0.360 e. The summed E-state index contributed by atoms with van der Waals surface area (Å²) in [4.78, 5) is 8.97. The van der Waals surface area contributed by atoms with Crippen LogP contribution in [0.3, 0.4) is 0 Å². The molecule has 4 aromatic rings. The molecular weight excluding hydrogens is 413 g/mol. The molecule has 4 heterocycles. The second-order valence-corrected chi connectivity index (χ2v) is 14.9. The predicted octanol–water partition coefficient (Wildman–Crippen LogP) is 3.21. The lowest BCUT2D eigenvalue weighted by Gasteiger charge is -2.15. The van der Waals surface area contributed by atoms with Gasteiger partial charge in [0.2, 0.25) is 0 Å². The molecule has 0 aliphatic rings. The molecular formula is C19H24BN7OSSi.